The van der Waals surface area contributed by atoms with E-state index in [0.29, 0.717) is 0 Å². The summed E-state index contributed by atoms with van der Waals surface area (Å²) in [5.41, 5.74) is 11.1. The number of rotatable bonds is 2. The van der Waals surface area contributed by atoms with Crippen molar-refractivity contribution in [2.45, 2.75) is 39.2 Å². The molecule has 100 valence electrons. The van der Waals surface area contributed by atoms with E-state index in [1.807, 2.05) is 19.3 Å². The van der Waals surface area contributed by atoms with Crippen molar-refractivity contribution in [1.29, 1.82) is 0 Å². The minimum absolute atomic E-state index is 0.110. The van der Waals surface area contributed by atoms with Crippen molar-refractivity contribution in [2.24, 2.45) is 5.73 Å². The maximum atomic E-state index is 6.30. The van der Waals surface area contributed by atoms with Gasteiger partial charge in [-0.15, -0.1) is 0 Å². The second-order valence-corrected chi connectivity index (χ2v) is 6.15. The molecule has 2 rings (SSSR count). The number of benzene rings is 1. The monoisotopic (exact) mass is 254 g/mol. The topological polar surface area (TPSA) is 38.9 Å². The highest BCUT2D eigenvalue weighted by Crippen LogP contribution is 2.25. The molecule has 1 atom stereocenters. The Bertz CT molecular complexity index is 550. The van der Waals surface area contributed by atoms with Gasteiger partial charge in [0.2, 0.25) is 0 Å². The van der Waals surface area contributed by atoms with E-state index in [4.69, 9.17) is 5.73 Å². The van der Waals surface area contributed by atoms with Gasteiger partial charge in [0.05, 0.1) is 6.04 Å². The molecule has 0 bridgehead atoms. The molecule has 0 saturated heterocycles. The van der Waals surface area contributed by atoms with Gasteiger partial charge >= 0.3 is 0 Å². The van der Waals surface area contributed by atoms with Gasteiger partial charge in [0, 0.05) is 12.4 Å². The number of hydrogen-bond acceptors (Lipinski definition) is 2. The lowest BCUT2D eigenvalue weighted by Gasteiger charge is -2.20. The van der Waals surface area contributed by atoms with Crippen LogP contribution in [0.5, 0.6) is 0 Å². The summed E-state index contributed by atoms with van der Waals surface area (Å²) in [6, 6.07) is 10.6. The summed E-state index contributed by atoms with van der Waals surface area (Å²) < 4.78 is 0. The largest absolute Gasteiger partial charge is 0.320 e. The standard InChI is InChI=1S/C17H22N2/c1-12-9-14(11-19-10-12)16(18)13-5-7-15(8-6-13)17(2,3)4/h5-11,16H,18H2,1-4H3. The van der Waals surface area contributed by atoms with Crippen LogP contribution >= 0.6 is 0 Å². The fourth-order valence-electron chi connectivity index (χ4n) is 2.13. The average Bonchev–Trinajstić information content (AvgIpc) is 2.37. The summed E-state index contributed by atoms with van der Waals surface area (Å²) in [6.45, 7) is 8.68. The molecule has 2 N–H and O–H groups in total. The van der Waals surface area contributed by atoms with Gasteiger partial charge in [-0.3, -0.25) is 4.98 Å². The van der Waals surface area contributed by atoms with Crippen LogP contribution in [-0.4, -0.2) is 4.98 Å². The molecule has 19 heavy (non-hydrogen) atoms. The third-order valence-corrected chi connectivity index (χ3v) is 3.39. The molecule has 0 radical (unpaired) electrons. The van der Waals surface area contributed by atoms with E-state index in [1.54, 1.807) is 0 Å². The lowest BCUT2D eigenvalue weighted by molar-refractivity contribution is 0.589. The van der Waals surface area contributed by atoms with E-state index in [-0.39, 0.29) is 11.5 Å². The van der Waals surface area contributed by atoms with Gasteiger partial charge in [-0.05, 0) is 34.6 Å². The van der Waals surface area contributed by atoms with Crippen LogP contribution in [0.15, 0.2) is 42.7 Å². The Hall–Kier alpha value is -1.67. The zero-order valence-electron chi connectivity index (χ0n) is 12.1. The lowest BCUT2D eigenvalue weighted by Crippen LogP contribution is -2.14. The van der Waals surface area contributed by atoms with Crippen molar-refractivity contribution in [3.8, 4) is 0 Å². The zero-order valence-corrected chi connectivity index (χ0v) is 12.1. The fraction of sp³-hybridized carbons (Fsp3) is 0.353. The van der Waals surface area contributed by atoms with Crippen molar-refractivity contribution in [3.05, 3.63) is 65.0 Å². The van der Waals surface area contributed by atoms with Crippen molar-refractivity contribution < 1.29 is 0 Å². The predicted molar refractivity (Wildman–Crippen MR) is 80.1 cm³/mol. The lowest BCUT2D eigenvalue weighted by atomic mass is 9.86. The molecule has 1 aromatic heterocycles. The maximum absolute atomic E-state index is 6.30. The van der Waals surface area contributed by atoms with E-state index in [2.05, 4.69) is 56.1 Å². The van der Waals surface area contributed by atoms with Gasteiger partial charge in [0.1, 0.15) is 0 Å². The number of aromatic nitrogens is 1. The molecular weight excluding hydrogens is 232 g/mol. The first kappa shape index (κ1) is 13.8. The van der Waals surface area contributed by atoms with Crippen LogP contribution in [0.4, 0.5) is 0 Å². The molecule has 0 aliphatic rings. The highest BCUT2D eigenvalue weighted by molar-refractivity contribution is 5.34. The predicted octanol–water partition coefficient (Wildman–Crippen LogP) is 3.74. The normalized spacial score (nSPS) is 13.3. The smallest absolute Gasteiger partial charge is 0.0567 e. The number of aryl methyl sites for hydroxylation is 1. The van der Waals surface area contributed by atoms with Gasteiger partial charge in [-0.2, -0.15) is 0 Å². The fourth-order valence-corrected chi connectivity index (χ4v) is 2.13. The van der Waals surface area contributed by atoms with Crippen LogP contribution in [0, 0.1) is 6.92 Å². The molecule has 0 amide bonds. The molecule has 0 saturated carbocycles. The van der Waals surface area contributed by atoms with E-state index >= 15 is 0 Å². The highest BCUT2D eigenvalue weighted by atomic mass is 14.7. The van der Waals surface area contributed by atoms with E-state index in [9.17, 15) is 0 Å². The Morgan fingerprint density at radius 3 is 2.16 bits per heavy atom. The molecule has 2 aromatic rings. The molecule has 2 nitrogen and oxygen atoms in total. The summed E-state index contributed by atoms with van der Waals surface area (Å²) in [6.07, 6.45) is 3.69. The highest BCUT2D eigenvalue weighted by Gasteiger charge is 2.15. The molecule has 1 aromatic carbocycles. The first-order valence-electron chi connectivity index (χ1n) is 6.65. The van der Waals surface area contributed by atoms with Gasteiger partial charge in [0.15, 0.2) is 0 Å². The molecule has 0 aliphatic heterocycles. The minimum Gasteiger partial charge on any atom is -0.320 e. The van der Waals surface area contributed by atoms with Gasteiger partial charge in [-0.25, -0.2) is 0 Å². The summed E-state index contributed by atoms with van der Waals surface area (Å²) in [5.74, 6) is 0. The number of hydrogen-bond donors (Lipinski definition) is 1. The van der Waals surface area contributed by atoms with Crippen LogP contribution in [-0.2, 0) is 5.41 Å². The molecule has 0 aliphatic carbocycles. The first-order chi connectivity index (χ1) is 8.88. The minimum atomic E-state index is -0.110. The zero-order chi connectivity index (χ0) is 14.0. The molecule has 2 heteroatoms. The summed E-state index contributed by atoms with van der Waals surface area (Å²) in [5, 5.41) is 0. The number of pyridine rings is 1. The molecule has 0 spiro atoms. The molecule has 1 unspecified atom stereocenters. The maximum Gasteiger partial charge on any atom is 0.0567 e. The van der Waals surface area contributed by atoms with Crippen LogP contribution < -0.4 is 5.73 Å². The van der Waals surface area contributed by atoms with Crippen LogP contribution in [0.2, 0.25) is 0 Å². The molecule has 0 fully saturated rings. The Morgan fingerprint density at radius 1 is 1.00 bits per heavy atom. The average molecular weight is 254 g/mol. The summed E-state index contributed by atoms with van der Waals surface area (Å²) >= 11 is 0. The van der Waals surface area contributed by atoms with Crippen LogP contribution in [0.1, 0.15) is 49.1 Å². The third-order valence-electron chi connectivity index (χ3n) is 3.39. The van der Waals surface area contributed by atoms with Crippen molar-refractivity contribution in [3.63, 3.8) is 0 Å². The van der Waals surface area contributed by atoms with Crippen molar-refractivity contribution >= 4 is 0 Å². The quantitative estimate of drug-likeness (QED) is 0.886. The van der Waals surface area contributed by atoms with Crippen LogP contribution in [0.3, 0.4) is 0 Å². The Morgan fingerprint density at radius 2 is 1.63 bits per heavy atom. The second-order valence-electron chi connectivity index (χ2n) is 6.15. The first-order valence-corrected chi connectivity index (χ1v) is 6.65. The third kappa shape index (κ3) is 3.21. The van der Waals surface area contributed by atoms with E-state index < -0.39 is 0 Å². The van der Waals surface area contributed by atoms with Gasteiger partial charge in [0.25, 0.3) is 0 Å². The molecule has 1 heterocycles. The van der Waals surface area contributed by atoms with E-state index in [0.717, 1.165) is 16.7 Å². The Kier molecular flexibility index (Phi) is 3.72. The molecular formula is C17H22N2. The van der Waals surface area contributed by atoms with E-state index in [1.165, 1.54) is 5.56 Å². The Balaban J connectivity index is 2.27. The van der Waals surface area contributed by atoms with Crippen molar-refractivity contribution in [2.75, 3.05) is 0 Å². The number of nitrogens with two attached hydrogens (primary N) is 1. The van der Waals surface area contributed by atoms with Crippen LogP contribution in [0.25, 0.3) is 0 Å². The second kappa shape index (κ2) is 5.14. The van der Waals surface area contributed by atoms with Crippen molar-refractivity contribution in [1.82, 2.24) is 4.98 Å². The Labute approximate surface area is 115 Å². The summed E-state index contributed by atoms with van der Waals surface area (Å²) in [7, 11) is 0. The summed E-state index contributed by atoms with van der Waals surface area (Å²) in [4.78, 5) is 4.21. The van der Waals surface area contributed by atoms with Gasteiger partial charge < -0.3 is 5.73 Å². The number of nitrogens with zero attached hydrogens (tertiary/aromatic N) is 1. The SMILES string of the molecule is Cc1cncc(C(N)c2ccc(C(C)(C)C)cc2)c1. The van der Waals surface area contributed by atoms with Gasteiger partial charge in [-0.1, -0.05) is 51.1 Å².